The highest BCUT2D eigenvalue weighted by molar-refractivity contribution is 5.93. The third-order valence-electron chi connectivity index (χ3n) is 3.77. The van der Waals surface area contributed by atoms with Crippen molar-refractivity contribution in [2.24, 2.45) is 0 Å². The predicted molar refractivity (Wildman–Crippen MR) is 81.4 cm³/mol. The van der Waals surface area contributed by atoms with Crippen LogP contribution in [-0.2, 0) is 0 Å². The van der Waals surface area contributed by atoms with Gasteiger partial charge < -0.3 is 15.0 Å². The lowest BCUT2D eigenvalue weighted by molar-refractivity contribution is 0.0314. The van der Waals surface area contributed by atoms with Crippen molar-refractivity contribution in [3.8, 4) is 5.82 Å². The van der Waals surface area contributed by atoms with E-state index in [1.807, 2.05) is 42.9 Å². The summed E-state index contributed by atoms with van der Waals surface area (Å²) in [7, 11) is 0. The molecule has 2 rings (SSSR count). The van der Waals surface area contributed by atoms with E-state index in [1.54, 1.807) is 18.3 Å². The number of aliphatic hydroxyl groups is 1. The molecule has 0 saturated carbocycles. The van der Waals surface area contributed by atoms with Crippen molar-refractivity contribution in [2.45, 2.75) is 32.3 Å². The first-order chi connectivity index (χ1) is 10.1. The summed E-state index contributed by atoms with van der Waals surface area (Å²) in [5.74, 6) is 0.539. The zero-order chi connectivity index (χ0) is 15.3. The van der Waals surface area contributed by atoms with Gasteiger partial charge in [-0.05, 0) is 37.1 Å². The van der Waals surface area contributed by atoms with Crippen molar-refractivity contribution >= 4 is 5.91 Å². The molecule has 0 unspecified atom stereocenters. The number of carbonyl (C=O) groups excluding carboxylic acids is 1. The van der Waals surface area contributed by atoms with Gasteiger partial charge in [0.1, 0.15) is 5.82 Å². The normalized spacial score (nSPS) is 11.4. The van der Waals surface area contributed by atoms with Gasteiger partial charge >= 0.3 is 0 Å². The van der Waals surface area contributed by atoms with Crippen LogP contribution in [0.5, 0.6) is 0 Å². The van der Waals surface area contributed by atoms with Gasteiger partial charge in [-0.25, -0.2) is 4.98 Å². The van der Waals surface area contributed by atoms with Crippen LogP contribution in [0.3, 0.4) is 0 Å². The van der Waals surface area contributed by atoms with E-state index in [1.165, 1.54) is 0 Å². The molecular weight excluding hydrogens is 266 g/mol. The summed E-state index contributed by atoms with van der Waals surface area (Å²) >= 11 is 0. The monoisotopic (exact) mass is 287 g/mol. The van der Waals surface area contributed by atoms with Crippen molar-refractivity contribution in [3.05, 3.63) is 48.4 Å². The molecule has 21 heavy (non-hydrogen) atoms. The highest BCUT2D eigenvalue weighted by Crippen LogP contribution is 2.13. The van der Waals surface area contributed by atoms with Crippen LogP contribution in [0, 0.1) is 0 Å². The van der Waals surface area contributed by atoms with E-state index in [4.69, 9.17) is 0 Å². The van der Waals surface area contributed by atoms with Gasteiger partial charge in [0.05, 0.1) is 11.2 Å². The molecule has 2 aromatic heterocycles. The molecular formula is C16H21N3O2. The fourth-order valence-electron chi connectivity index (χ4n) is 2.01. The van der Waals surface area contributed by atoms with Crippen LogP contribution in [0.4, 0.5) is 0 Å². The molecule has 0 aromatic carbocycles. The number of carbonyl (C=O) groups is 1. The molecule has 0 aliphatic rings. The number of amides is 1. The first-order valence-corrected chi connectivity index (χ1v) is 7.18. The first-order valence-electron chi connectivity index (χ1n) is 7.18. The summed E-state index contributed by atoms with van der Waals surface area (Å²) in [6.07, 6.45) is 6.54. The van der Waals surface area contributed by atoms with Gasteiger partial charge in [-0.3, -0.25) is 4.79 Å². The Balaban J connectivity index is 2.00. The van der Waals surface area contributed by atoms with Crippen LogP contribution in [0.15, 0.2) is 42.9 Å². The fraction of sp³-hybridized carbons (Fsp3) is 0.375. The third-order valence-corrected chi connectivity index (χ3v) is 3.77. The summed E-state index contributed by atoms with van der Waals surface area (Å²) in [4.78, 5) is 16.3. The van der Waals surface area contributed by atoms with Crippen molar-refractivity contribution < 1.29 is 9.90 Å². The molecule has 0 radical (unpaired) electrons. The van der Waals surface area contributed by atoms with Crippen LogP contribution in [0.25, 0.3) is 5.82 Å². The largest absolute Gasteiger partial charge is 0.388 e. The molecule has 0 bridgehead atoms. The lowest BCUT2D eigenvalue weighted by atomic mass is 9.97. The molecule has 0 atom stereocenters. The SMILES string of the molecule is CCC(O)(CC)CNC(=O)c1ccc(-n2cccc2)nc1. The summed E-state index contributed by atoms with van der Waals surface area (Å²) in [6.45, 7) is 4.06. The Morgan fingerprint density at radius 1 is 1.29 bits per heavy atom. The van der Waals surface area contributed by atoms with E-state index in [0.29, 0.717) is 18.4 Å². The number of rotatable bonds is 6. The van der Waals surface area contributed by atoms with Gasteiger partial charge in [0, 0.05) is 25.1 Å². The maximum atomic E-state index is 12.1. The average Bonchev–Trinajstić information content (AvgIpc) is 3.07. The van der Waals surface area contributed by atoms with Gasteiger partial charge in [0.25, 0.3) is 5.91 Å². The van der Waals surface area contributed by atoms with Crippen LogP contribution < -0.4 is 5.32 Å². The number of nitrogens with zero attached hydrogens (tertiary/aromatic N) is 2. The minimum atomic E-state index is -0.839. The Hall–Kier alpha value is -2.14. The van der Waals surface area contributed by atoms with E-state index < -0.39 is 5.60 Å². The third kappa shape index (κ3) is 3.70. The molecule has 5 heteroatoms. The maximum absolute atomic E-state index is 12.1. The fourth-order valence-corrected chi connectivity index (χ4v) is 2.01. The zero-order valence-corrected chi connectivity index (χ0v) is 12.4. The number of pyridine rings is 1. The topological polar surface area (TPSA) is 67.2 Å². The van der Waals surface area contributed by atoms with E-state index in [2.05, 4.69) is 10.3 Å². The Bertz CT molecular complexity index is 572. The second-order valence-electron chi connectivity index (χ2n) is 5.11. The first kappa shape index (κ1) is 15.3. The van der Waals surface area contributed by atoms with Crippen molar-refractivity contribution in [1.82, 2.24) is 14.9 Å². The van der Waals surface area contributed by atoms with E-state index >= 15 is 0 Å². The summed E-state index contributed by atoms with van der Waals surface area (Å²) in [5, 5.41) is 12.9. The lowest BCUT2D eigenvalue weighted by Gasteiger charge is -2.25. The van der Waals surface area contributed by atoms with Gasteiger partial charge in [-0.2, -0.15) is 0 Å². The second kappa shape index (κ2) is 6.54. The maximum Gasteiger partial charge on any atom is 0.252 e. The molecule has 2 N–H and O–H groups in total. The minimum absolute atomic E-state index is 0.220. The Kier molecular flexibility index (Phi) is 4.75. The highest BCUT2D eigenvalue weighted by Gasteiger charge is 2.23. The second-order valence-corrected chi connectivity index (χ2v) is 5.11. The molecule has 0 aliphatic heterocycles. The Labute approximate surface area is 124 Å². The van der Waals surface area contributed by atoms with Crippen LogP contribution in [-0.4, -0.2) is 32.7 Å². The van der Waals surface area contributed by atoms with Gasteiger partial charge in [-0.15, -0.1) is 0 Å². The minimum Gasteiger partial charge on any atom is -0.388 e. The van der Waals surface area contributed by atoms with Crippen molar-refractivity contribution in [1.29, 1.82) is 0 Å². The van der Waals surface area contributed by atoms with Gasteiger partial charge in [0.15, 0.2) is 0 Å². The molecule has 112 valence electrons. The molecule has 1 amide bonds. The number of hydrogen-bond donors (Lipinski definition) is 2. The van der Waals surface area contributed by atoms with E-state index in [9.17, 15) is 9.90 Å². The Morgan fingerprint density at radius 2 is 1.95 bits per heavy atom. The molecule has 5 nitrogen and oxygen atoms in total. The lowest BCUT2D eigenvalue weighted by Crippen LogP contribution is -2.42. The standard InChI is InChI=1S/C16H21N3O2/c1-3-16(21,4-2)12-18-15(20)13-7-8-14(17-11-13)19-9-5-6-10-19/h5-11,21H,3-4,12H2,1-2H3,(H,18,20). The van der Waals surface area contributed by atoms with Crippen LogP contribution >= 0.6 is 0 Å². The molecule has 2 aromatic rings. The molecule has 0 fully saturated rings. The van der Waals surface area contributed by atoms with E-state index in [0.717, 1.165) is 5.82 Å². The van der Waals surface area contributed by atoms with Gasteiger partial charge in [0.2, 0.25) is 0 Å². The van der Waals surface area contributed by atoms with Crippen molar-refractivity contribution in [2.75, 3.05) is 6.54 Å². The molecule has 0 aliphatic carbocycles. The average molecular weight is 287 g/mol. The summed E-state index contributed by atoms with van der Waals surface area (Å²) in [6, 6.07) is 7.35. The number of hydrogen-bond acceptors (Lipinski definition) is 3. The molecule has 2 heterocycles. The number of aromatic nitrogens is 2. The molecule has 0 saturated heterocycles. The Morgan fingerprint density at radius 3 is 2.48 bits per heavy atom. The summed E-state index contributed by atoms with van der Waals surface area (Å²) in [5.41, 5.74) is -0.353. The smallest absolute Gasteiger partial charge is 0.252 e. The van der Waals surface area contributed by atoms with Crippen molar-refractivity contribution in [3.63, 3.8) is 0 Å². The van der Waals surface area contributed by atoms with Gasteiger partial charge in [-0.1, -0.05) is 13.8 Å². The summed E-state index contributed by atoms with van der Waals surface area (Å²) < 4.78 is 1.87. The van der Waals surface area contributed by atoms with Crippen LogP contribution in [0.2, 0.25) is 0 Å². The van der Waals surface area contributed by atoms with Crippen LogP contribution in [0.1, 0.15) is 37.0 Å². The molecule has 0 spiro atoms. The highest BCUT2D eigenvalue weighted by atomic mass is 16.3. The van der Waals surface area contributed by atoms with E-state index in [-0.39, 0.29) is 12.5 Å². The zero-order valence-electron chi connectivity index (χ0n) is 12.4. The predicted octanol–water partition coefficient (Wildman–Crippen LogP) is 2.15. The number of nitrogens with one attached hydrogen (secondary N) is 1. The quantitative estimate of drug-likeness (QED) is 0.855.